The molecule has 2 heterocycles. The molecule has 98 valence electrons. The Bertz CT molecular complexity index is 438. The van der Waals surface area contributed by atoms with E-state index in [0.717, 1.165) is 19.5 Å². The minimum atomic E-state index is -0.616. The zero-order valence-corrected chi connectivity index (χ0v) is 10.8. The van der Waals surface area contributed by atoms with Crippen molar-refractivity contribution in [3.05, 3.63) is 29.8 Å². The molecular weight excluding hydrogens is 233 g/mol. The molecule has 1 aliphatic rings. The van der Waals surface area contributed by atoms with Gasteiger partial charge < -0.3 is 9.80 Å². The minimum absolute atomic E-state index is 0.170. The van der Waals surface area contributed by atoms with Crippen LogP contribution in [0.25, 0.3) is 0 Å². The molecule has 1 unspecified atom stereocenters. The Labute approximate surface area is 106 Å². The van der Waals surface area contributed by atoms with Gasteiger partial charge in [-0.25, -0.2) is 4.98 Å². The summed E-state index contributed by atoms with van der Waals surface area (Å²) in [6, 6.07) is 4.29. The lowest BCUT2D eigenvalue weighted by Gasteiger charge is -2.20. The van der Waals surface area contributed by atoms with Crippen LogP contribution in [0.15, 0.2) is 18.2 Å². The van der Waals surface area contributed by atoms with Crippen molar-refractivity contribution in [1.29, 1.82) is 0 Å². The molecule has 1 aliphatic heterocycles. The van der Waals surface area contributed by atoms with Crippen LogP contribution < -0.4 is 0 Å². The highest BCUT2D eigenvalue weighted by molar-refractivity contribution is 5.92. The van der Waals surface area contributed by atoms with E-state index in [4.69, 9.17) is 0 Å². The molecule has 18 heavy (non-hydrogen) atoms. The lowest BCUT2D eigenvalue weighted by Crippen LogP contribution is -2.33. The third-order valence-corrected chi connectivity index (χ3v) is 3.30. The second-order valence-electron chi connectivity index (χ2n) is 4.95. The van der Waals surface area contributed by atoms with Gasteiger partial charge in [-0.2, -0.15) is 4.39 Å². The molecule has 0 spiro atoms. The predicted octanol–water partition coefficient (Wildman–Crippen LogP) is 1.24. The number of aromatic nitrogens is 1. The first-order valence-electron chi connectivity index (χ1n) is 6.13. The summed E-state index contributed by atoms with van der Waals surface area (Å²) in [5.74, 6) is -0.337. The van der Waals surface area contributed by atoms with E-state index >= 15 is 0 Å². The smallest absolute Gasteiger partial charge is 0.272 e. The topological polar surface area (TPSA) is 36.4 Å². The summed E-state index contributed by atoms with van der Waals surface area (Å²) >= 11 is 0. The fraction of sp³-hybridized carbons (Fsp3) is 0.538. The molecule has 2 rings (SSSR count). The van der Waals surface area contributed by atoms with Gasteiger partial charge in [0.2, 0.25) is 5.95 Å². The Kier molecular flexibility index (Phi) is 3.91. The van der Waals surface area contributed by atoms with E-state index in [-0.39, 0.29) is 11.6 Å². The summed E-state index contributed by atoms with van der Waals surface area (Å²) in [5, 5.41) is 0. The highest BCUT2D eigenvalue weighted by atomic mass is 19.1. The standard InChI is InChI=1S/C13H18FN3O/c1-16-7-6-10(8-16)9-17(2)13(18)11-4-3-5-12(14)15-11/h3-5,10H,6-9H2,1-2H3. The Morgan fingerprint density at radius 2 is 2.39 bits per heavy atom. The molecule has 0 N–H and O–H groups in total. The van der Waals surface area contributed by atoms with Crippen molar-refractivity contribution < 1.29 is 9.18 Å². The molecule has 1 aromatic rings. The van der Waals surface area contributed by atoms with Crippen LogP contribution in [0, 0.1) is 11.9 Å². The van der Waals surface area contributed by atoms with Gasteiger partial charge in [0.05, 0.1) is 0 Å². The summed E-state index contributed by atoms with van der Waals surface area (Å²) in [6.45, 7) is 2.78. The molecule has 4 nitrogen and oxygen atoms in total. The number of carbonyl (C=O) groups excluding carboxylic acids is 1. The number of carbonyl (C=O) groups is 1. The average Bonchev–Trinajstić information content (AvgIpc) is 2.73. The third-order valence-electron chi connectivity index (χ3n) is 3.30. The first-order chi connectivity index (χ1) is 8.56. The number of hydrogen-bond acceptors (Lipinski definition) is 3. The predicted molar refractivity (Wildman–Crippen MR) is 66.8 cm³/mol. The van der Waals surface area contributed by atoms with Gasteiger partial charge in [-0.3, -0.25) is 4.79 Å². The molecular formula is C13H18FN3O. The zero-order chi connectivity index (χ0) is 13.1. The Balaban J connectivity index is 1.96. The van der Waals surface area contributed by atoms with Crippen molar-refractivity contribution in [2.45, 2.75) is 6.42 Å². The third kappa shape index (κ3) is 3.04. The number of pyridine rings is 1. The first-order valence-corrected chi connectivity index (χ1v) is 6.13. The highest BCUT2D eigenvalue weighted by Crippen LogP contribution is 2.16. The molecule has 0 bridgehead atoms. The van der Waals surface area contributed by atoms with Gasteiger partial charge >= 0.3 is 0 Å². The fourth-order valence-corrected chi connectivity index (χ4v) is 2.37. The molecule has 1 aromatic heterocycles. The molecule has 0 aliphatic carbocycles. The van der Waals surface area contributed by atoms with E-state index in [1.54, 1.807) is 18.0 Å². The zero-order valence-electron chi connectivity index (χ0n) is 10.8. The molecule has 0 saturated carbocycles. The first kappa shape index (κ1) is 13.0. The highest BCUT2D eigenvalue weighted by Gasteiger charge is 2.23. The normalized spacial score (nSPS) is 20.1. The van der Waals surface area contributed by atoms with Crippen molar-refractivity contribution in [1.82, 2.24) is 14.8 Å². The van der Waals surface area contributed by atoms with Crippen molar-refractivity contribution in [2.24, 2.45) is 5.92 Å². The number of hydrogen-bond donors (Lipinski definition) is 0. The maximum atomic E-state index is 13.0. The van der Waals surface area contributed by atoms with Gasteiger partial charge in [-0.15, -0.1) is 0 Å². The summed E-state index contributed by atoms with van der Waals surface area (Å²) in [7, 11) is 3.82. The summed E-state index contributed by atoms with van der Waals surface area (Å²) in [5.41, 5.74) is 0.170. The van der Waals surface area contributed by atoms with Crippen LogP contribution in [-0.4, -0.2) is 54.4 Å². The molecule has 0 radical (unpaired) electrons. The van der Waals surface area contributed by atoms with Crippen LogP contribution in [0.1, 0.15) is 16.9 Å². The maximum Gasteiger partial charge on any atom is 0.272 e. The van der Waals surface area contributed by atoms with Crippen molar-refractivity contribution in [2.75, 3.05) is 33.7 Å². The van der Waals surface area contributed by atoms with E-state index in [9.17, 15) is 9.18 Å². The second-order valence-corrected chi connectivity index (χ2v) is 4.95. The number of rotatable bonds is 3. The SMILES string of the molecule is CN1CCC(CN(C)C(=O)c2cccc(F)n2)C1. The monoisotopic (exact) mass is 251 g/mol. The van der Waals surface area contributed by atoms with E-state index in [0.29, 0.717) is 12.5 Å². The largest absolute Gasteiger partial charge is 0.340 e. The van der Waals surface area contributed by atoms with E-state index in [2.05, 4.69) is 16.9 Å². The molecule has 1 saturated heterocycles. The summed E-state index contributed by atoms with van der Waals surface area (Å²) in [6.07, 6.45) is 1.10. The fourth-order valence-electron chi connectivity index (χ4n) is 2.37. The van der Waals surface area contributed by atoms with Gasteiger partial charge in [0, 0.05) is 20.1 Å². The lowest BCUT2D eigenvalue weighted by atomic mass is 10.1. The Morgan fingerprint density at radius 3 is 3.00 bits per heavy atom. The van der Waals surface area contributed by atoms with E-state index in [1.165, 1.54) is 12.1 Å². The van der Waals surface area contributed by atoms with Crippen molar-refractivity contribution >= 4 is 5.91 Å². The van der Waals surface area contributed by atoms with Crippen LogP contribution in [0.3, 0.4) is 0 Å². The van der Waals surface area contributed by atoms with E-state index < -0.39 is 5.95 Å². The number of halogens is 1. The Morgan fingerprint density at radius 1 is 1.61 bits per heavy atom. The minimum Gasteiger partial charge on any atom is -0.340 e. The molecule has 1 atom stereocenters. The van der Waals surface area contributed by atoms with Crippen LogP contribution in [-0.2, 0) is 0 Å². The van der Waals surface area contributed by atoms with E-state index in [1.807, 2.05) is 0 Å². The van der Waals surface area contributed by atoms with Crippen LogP contribution in [0.5, 0.6) is 0 Å². The summed E-state index contributed by atoms with van der Waals surface area (Å²) in [4.78, 5) is 19.5. The van der Waals surface area contributed by atoms with Crippen molar-refractivity contribution in [3.8, 4) is 0 Å². The van der Waals surface area contributed by atoms with Crippen LogP contribution in [0.2, 0.25) is 0 Å². The maximum absolute atomic E-state index is 13.0. The molecule has 0 aromatic carbocycles. The number of nitrogens with zero attached hydrogens (tertiary/aromatic N) is 3. The van der Waals surface area contributed by atoms with Gasteiger partial charge in [0.1, 0.15) is 5.69 Å². The molecule has 1 amide bonds. The lowest BCUT2D eigenvalue weighted by molar-refractivity contribution is 0.0767. The molecule has 5 heteroatoms. The summed E-state index contributed by atoms with van der Waals surface area (Å²) < 4.78 is 13.0. The Hall–Kier alpha value is -1.49. The van der Waals surface area contributed by atoms with Gasteiger partial charge in [0.15, 0.2) is 0 Å². The van der Waals surface area contributed by atoms with Crippen LogP contribution >= 0.6 is 0 Å². The number of amides is 1. The van der Waals surface area contributed by atoms with Crippen molar-refractivity contribution in [3.63, 3.8) is 0 Å². The van der Waals surface area contributed by atoms with Crippen LogP contribution in [0.4, 0.5) is 4.39 Å². The van der Waals surface area contributed by atoms with Gasteiger partial charge in [-0.1, -0.05) is 6.07 Å². The quantitative estimate of drug-likeness (QED) is 0.758. The average molecular weight is 251 g/mol. The van der Waals surface area contributed by atoms with Gasteiger partial charge in [-0.05, 0) is 38.1 Å². The second kappa shape index (κ2) is 5.44. The molecule has 1 fully saturated rings. The van der Waals surface area contributed by atoms with Gasteiger partial charge in [0.25, 0.3) is 5.91 Å². The number of likely N-dealkylation sites (tertiary alicyclic amines) is 1.